The highest BCUT2D eigenvalue weighted by Gasteiger charge is 2.07. The minimum Gasteiger partial charge on any atom is -0.444 e. The first-order valence-electron chi connectivity index (χ1n) is 4.74. The third kappa shape index (κ3) is 2.55. The maximum atomic E-state index is 5.90. The molecule has 5 heteroatoms. The second-order valence-electron chi connectivity index (χ2n) is 3.33. The molecule has 0 atom stereocenters. The fraction of sp³-hybridized carbons (Fsp3) is 0.182. The maximum Gasteiger partial charge on any atom is 0.226 e. The summed E-state index contributed by atoms with van der Waals surface area (Å²) in [7, 11) is 1.85. The van der Waals surface area contributed by atoms with Crippen LogP contribution in [0, 0.1) is 0 Å². The van der Waals surface area contributed by atoms with E-state index in [2.05, 4.69) is 10.3 Å². The van der Waals surface area contributed by atoms with E-state index in [1.807, 2.05) is 7.05 Å². The van der Waals surface area contributed by atoms with Gasteiger partial charge in [0.05, 0.1) is 5.69 Å². The van der Waals surface area contributed by atoms with E-state index in [1.165, 1.54) is 0 Å². The zero-order valence-corrected chi connectivity index (χ0v) is 10.1. The Morgan fingerprint density at radius 3 is 2.56 bits per heavy atom. The highest BCUT2D eigenvalue weighted by atomic mass is 35.5. The topological polar surface area (TPSA) is 38.1 Å². The lowest BCUT2D eigenvalue weighted by molar-refractivity contribution is 0.571. The second-order valence-corrected chi connectivity index (χ2v) is 4.21. The Kier molecular flexibility index (Phi) is 3.49. The van der Waals surface area contributed by atoms with Crippen molar-refractivity contribution in [2.45, 2.75) is 6.54 Å². The Labute approximate surface area is 103 Å². The summed E-state index contributed by atoms with van der Waals surface area (Å²) < 4.78 is 5.34. The SMILES string of the molecule is CNCc1coc(-c2cc(Cl)cc(Cl)c2)n1. The van der Waals surface area contributed by atoms with Crippen LogP contribution in [-0.4, -0.2) is 12.0 Å². The van der Waals surface area contributed by atoms with Gasteiger partial charge in [0.2, 0.25) is 5.89 Å². The minimum atomic E-state index is 0.523. The fourth-order valence-electron chi connectivity index (χ4n) is 1.38. The van der Waals surface area contributed by atoms with Crippen LogP contribution < -0.4 is 5.32 Å². The molecule has 0 aliphatic rings. The van der Waals surface area contributed by atoms with Crippen LogP contribution in [0.5, 0.6) is 0 Å². The van der Waals surface area contributed by atoms with Crippen molar-refractivity contribution in [3.63, 3.8) is 0 Å². The van der Waals surface area contributed by atoms with Crippen molar-refractivity contribution >= 4 is 23.2 Å². The molecule has 0 fully saturated rings. The zero-order chi connectivity index (χ0) is 11.5. The van der Waals surface area contributed by atoms with Crippen molar-refractivity contribution in [1.29, 1.82) is 0 Å². The molecule has 0 amide bonds. The second kappa shape index (κ2) is 4.87. The maximum absolute atomic E-state index is 5.90. The Balaban J connectivity index is 2.34. The van der Waals surface area contributed by atoms with E-state index in [0.29, 0.717) is 22.5 Å². The van der Waals surface area contributed by atoms with Crippen LogP contribution >= 0.6 is 23.2 Å². The summed E-state index contributed by atoms with van der Waals surface area (Å²) >= 11 is 11.8. The van der Waals surface area contributed by atoms with Crippen molar-refractivity contribution in [3.8, 4) is 11.5 Å². The summed E-state index contributed by atoms with van der Waals surface area (Å²) in [6, 6.07) is 5.20. The van der Waals surface area contributed by atoms with Gasteiger partial charge in [0.1, 0.15) is 6.26 Å². The molecule has 0 aliphatic heterocycles. The molecule has 84 valence electrons. The summed E-state index contributed by atoms with van der Waals surface area (Å²) in [5, 5.41) is 4.13. The fourth-order valence-corrected chi connectivity index (χ4v) is 1.91. The molecular weight excluding hydrogens is 247 g/mol. The Bertz CT molecular complexity index is 476. The van der Waals surface area contributed by atoms with Crippen molar-refractivity contribution in [1.82, 2.24) is 10.3 Å². The number of halogens is 2. The van der Waals surface area contributed by atoms with Gasteiger partial charge in [-0.25, -0.2) is 4.98 Å². The van der Waals surface area contributed by atoms with Gasteiger partial charge in [-0.1, -0.05) is 23.2 Å². The van der Waals surface area contributed by atoms with Crippen molar-refractivity contribution < 1.29 is 4.42 Å². The molecule has 1 aromatic heterocycles. The van der Waals surface area contributed by atoms with Crippen molar-refractivity contribution in [2.24, 2.45) is 0 Å². The highest BCUT2D eigenvalue weighted by Crippen LogP contribution is 2.26. The molecular formula is C11H10Cl2N2O. The average Bonchev–Trinajstić information content (AvgIpc) is 2.65. The van der Waals surface area contributed by atoms with Gasteiger partial charge in [-0.2, -0.15) is 0 Å². The molecule has 1 heterocycles. The third-order valence-corrected chi connectivity index (χ3v) is 2.46. The van der Waals surface area contributed by atoms with E-state index in [-0.39, 0.29) is 0 Å². The van der Waals surface area contributed by atoms with Crippen LogP contribution in [0.1, 0.15) is 5.69 Å². The van der Waals surface area contributed by atoms with Gasteiger partial charge in [0, 0.05) is 22.2 Å². The molecule has 16 heavy (non-hydrogen) atoms. The largest absolute Gasteiger partial charge is 0.444 e. The van der Waals surface area contributed by atoms with Gasteiger partial charge in [-0.05, 0) is 25.2 Å². The van der Waals surface area contributed by atoms with Crippen LogP contribution in [0.15, 0.2) is 28.9 Å². The number of oxazole rings is 1. The Morgan fingerprint density at radius 2 is 1.94 bits per heavy atom. The summed E-state index contributed by atoms with van der Waals surface area (Å²) in [5.41, 5.74) is 1.62. The van der Waals surface area contributed by atoms with Crippen LogP contribution in [0.4, 0.5) is 0 Å². The Hall–Kier alpha value is -1.03. The van der Waals surface area contributed by atoms with Gasteiger partial charge >= 0.3 is 0 Å². The number of nitrogens with one attached hydrogen (secondary N) is 1. The molecule has 0 saturated heterocycles. The van der Waals surface area contributed by atoms with Gasteiger partial charge in [-0.3, -0.25) is 0 Å². The summed E-state index contributed by atoms with van der Waals surface area (Å²) in [6.07, 6.45) is 1.61. The number of nitrogens with zero attached hydrogens (tertiary/aromatic N) is 1. The number of aromatic nitrogens is 1. The monoisotopic (exact) mass is 256 g/mol. The molecule has 2 rings (SSSR count). The quantitative estimate of drug-likeness (QED) is 0.916. The van der Waals surface area contributed by atoms with Crippen molar-refractivity contribution in [3.05, 3.63) is 40.2 Å². The van der Waals surface area contributed by atoms with E-state index >= 15 is 0 Å². The first kappa shape index (κ1) is 11.5. The smallest absolute Gasteiger partial charge is 0.226 e. The number of rotatable bonds is 3. The van der Waals surface area contributed by atoms with Gasteiger partial charge in [-0.15, -0.1) is 0 Å². The highest BCUT2D eigenvalue weighted by molar-refractivity contribution is 6.35. The zero-order valence-electron chi connectivity index (χ0n) is 8.63. The molecule has 0 radical (unpaired) electrons. The minimum absolute atomic E-state index is 0.523. The van der Waals surface area contributed by atoms with Gasteiger partial charge in [0.15, 0.2) is 0 Å². The molecule has 1 aromatic carbocycles. The van der Waals surface area contributed by atoms with E-state index < -0.39 is 0 Å². The summed E-state index contributed by atoms with van der Waals surface area (Å²) in [4.78, 5) is 4.31. The Morgan fingerprint density at radius 1 is 1.25 bits per heavy atom. The molecule has 0 unspecified atom stereocenters. The first-order valence-corrected chi connectivity index (χ1v) is 5.50. The lowest BCUT2D eigenvalue weighted by Crippen LogP contribution is -2.04. The van der Waals surface area contributed by atoms with Gasteiger partial charge < -0.3 is 9.73 Å². The van der Waals surface area contributed by atoms with Crippen LogP contribution in [0.25, 0.3) is 11.5 Å². The lowest BCUT2D eigenvalue weighted by Gasteiger charge is -1.98. The lowest BCUT2D eigenvalue weighted by atomic mass is 10.2. The third-order valence-electron chi connectivity index (χ3n) is 2.02. The number of hydrogen-bond acceptors (Lipinski definition) is 3. The molecule has 0 spiro atoms. The predicted molar refractivity (Wildman–Crippen MR) is 64.7 cm³/mol. The standard InChI is InChI=1S/C11H10Cl2N2O/c1-14-5-10-6-16-11(15-10)7-2-8(12)4-9(13)3-7/h2-4,6,14H,5H2,1H3. The van der Waals surface area contributed by atoms with Crippen molar-refractivity contribution in [2.75, 3.05) is 7.05 Å². The molecule has 2 aromatic rings. The van der Waals surface area contributed by atoms with E-state index in [9.17, 15) is 0 Å². The first-order chi connectivity index (χ1) is 7.69. The summed E-state index contributed by atoms with van der Waals surface area (Å²) in [5.74, 6) is 0.523. The van der Waals surface area contributed by atoms with Crippen LogP contribution in [0.3, 0.4) is 0 Å². The molecule has 1 N–H and O–H groups in total. The van der Waals surface area contributed by atoms with Crippen LogP contribution in [0.2, 0.25) is 10.0 Å². The molecule has 0 aliphatic carbocycles. The normalized spacial score (nSPS) is 10.7. The van der Waals surface area contributed by atoms with Gasteiger partial charge in [0.25, 0.3) is 0 Å². The van der Waals surface area contributed by atoms with Crippen LogP contribution in [-0.2, 0) is 6.54 Å². The predicted octanol–water partition coefficient (Wildman–Crippen LogP) is 3.37. The molecule has 0 saturated carbocycles. The van der Waals surface area contributed by atoms with E-state index in [0.717, 1.165) is 11.3 Å². The number of hydrogen-bond donors (Lipinski definition) is 1. The molecule has 3 nitrogen and oxygen atoms in total. The molecule has 0 bridgehead atoms. The average molecular weight is 257 g/mol. The van der Waals surface area contributed by atoms with E-state index in [1.54, 1.807) is 24.5 Å². The summed E-state index contributed by atoms with van der Waals surface area (Å²) in [6.45, 7) is 0.664. The number of benzene rings is 1. The van der Waals surface area contributed by atoms with E-state index in [4.69, 9.17) is 27.6 Å².